The van der Waals surface area contributed by atoms with Gasteiger partial charge < -0.3 is 5.11 Å². The lowest BCUT2D eigenvalue weighted by molar-refractivity contribution is 0.00946. The summed E-state index contributed by atoms with van der Waals surface area (Å²) >= 11 is 5.50. The lowest BCUT2D eigenvalue weighted by atomic mass is 9.85. The third-order valence-electron chi connectivity index (χ3n) is 3.20. The molecule has 0 amide bonds. The molecular weight excluding hydrogens is 262 g/mol. The predicted octanol–water partition coefficient (Wildman–Crippen LogP) is 1.62. The highest BCUT2D eigenvalue weighted by atomic mass is 35.5. The summed E-state index contributed by atoms with van der Waals surface area (Å²) in [7, 11) is -3.26. The first-order valence-electron chi connectivity index (χ1n) is 6.23. The summed E-state index contributed by atoms with van der Waals surface area (Å²) in [5, 5.41) is 10.2. The van der Waals surface area contributed by atoms with Crippen LogP contribution in [0.2, 0.25) is 0 Å². The minimum Gasteiger partial charge on any atom is -0.389 e. The molecule has 1 saturated carbocycles. The molecule has 102 valence electrons. The number of hydrogen-bond acceptors (Lipinski definition) is 3. The van der Waals surface area contributed by atoms with Gasteiger partial charge in [-0.15, -0.1) is 11.6 Å². The van der Waals surface area contributed by atoms with E-state index in [2.05, 4.69) is 4.72 Å². The van der Waals surface area contributed by atoms with E-state index in [1.54, 1.807) is 0 Å². The van der Waals surface area contributed by atoms with Gasteiger partial charge in [0.1, 0.15) is 0 Å². The van der Waals surface area contributed by atoms with Crippen LogP contribution in [-0.4, -0.2) is 37.3 Å². The second kappa shape index (κ2) is 6.92. The van der Waals surface area contributed by atoms with Gasteiger partial charge in [0.25, 0.3) is 0 Å². The van der Waals surface area contributed by atoms with E-state index >= 15 is 0 Å². The van der Waals surface area contributed by atoms with Crippen molar-refractivity contribution in [3.05, 3.63) is 0 Å². The van der Waals surface area contributed by atoms with Crippen LogP contribution in [0.3, 0.4) is 0 Å². The van der Waals surface area contributed by atoms with E-state index in [1.165, 1.54) is 0 Å². The first kappa shape index (κ1) is 15.2. The van der Waals surface area contributed by atoms with Crippen molar-refractivity contribution >= 4 is 21.6 Å². The third-order valence-corrected chi connectivity index (χ3v) is 4.88. The third kappa shape index (κ3) is 6.04. The maximum Gasteiger partial charge on any atom is 0.211 e. The molecule has 0 radical (unpaired) electrons. The Balaban J connectivity index is 2.32. The van der Waals surface area contributed by atoms with Gasteiger partial charge in [0.05, 0.1) is 11.4 Å². The van der Waals surface area contributed by atoms with Gasteiger partial charge in [-0.05, 0) is 25.7 Å². The Morgan fingerprint density at radius 1 is 1.18 bits per heavy atom. The zero-order chi connectivity index (χ0) is 12.8. The van der Waals surface area contributed by atoms with Crippen molar-refractivity contribution in [2.45, 2.75) is 50.5 Å². The lowest BCUT2D eigenvalue weighted by Crippen LogP contribution is -2.44. The molecule has 0 aromatic carbocycles. The normalized spacial score (nSPS) is 20.4. The van der Waals surface area contributed by atoms with Crippen LogP contribution in [0.1, 0.15) is 44.9 Å². The van der Waals surface area contributed by atoms with E-state index in [4.69, 9.17) is 11.6 Å². The van der Waals surface area contributed by atoms with Crippen molar-refractivity contribution in [2.75, 3.05) is 18.2 Å². The summed E-state index contributed by atoms with van der Waals surface area (Å²) < 4.78 is 25.8. The molecule has 6 heteroatoms. The van der Waals surface area contributed by atoms with Gasteiger partial charge in [0.15, 0.2) is 0 Å². The summed E-state index contributed by atoms with van der Waals surface area (Å²) in [6.45, 7) is 0.149. The van der Waals surface area contributed by atoms with E-state index in [0.29, 0.717) is 31.6 Å². The van der Waals surface area contributed by atoms with Gasteiger partial charge in [-0.3, -0.25) is 0 Å². The molecule has 0 atom stereocenters. The van der Waals surface area contributed by atoms with Gasteiger partial charge in [-0.2, -0.15) is 0 Å². The zero-order valence-corrected chi connectivity index (χ0v) is 11.7. The molecule has 1 rings (SSSR count). The molecular formula is C11H22ClNO3S. The van der Waals surface area contributed by atoms with Crippen molar-refractivity contribution in [2.24, 2.45) is 0 Å². The molecule has 1 fully saturated rings. The van der Waals surface area contributed by atoms with Gasteiger partial charge in [0, 0.05) is 12.4 Å². The molecule has 2 N–H and O–H groups in total. The monoisotopic (exact) mass is 283 g/mol. The lowest BCUT2D eigenvalue weighted by Gasteiger charge is -2.32. The van der Waals surface area contributed by atoms with E-state index in [1.807, 2.05) is 0 Å². The fourth-order valence-corrected chi connectivity index (χ4v) is 3.50. The summed E-state index contributed by atoms with van der Waals surface area (Å²) in [6, 6.07) is 0. The standard InChI is InChI=1S/C11H22ClNO3S/c12-8-4-5-9-17(15,16)13-10-11(14)6-2-1-3-7-11/h13-14H,1-10H2. The van der Waals surface area contributed by atoms with Crippen LogP contribution in [0.15, 0.2) is 0 Å². The topological polar surface area (TPSA) is 66.4 Å². The Kier molecular flexibility index (Phi) is 6.20. The van der Waals surface area contributed by atoms with E-state index in [9.17, 15) is 13.5 Å². The van der Waals surface area contributed by atoms with E-state index < -0.39 is 15.6 Å². The largest absolute Gasteiger partial charge is 0.389 e. The van der Waals surface area contributed by atoms with Gasteiger partial charge in [0.2, 0.25) is 10.0 Å². The molecule has 0 aliphatic heterocycles. The molecule has 1 aliphatic carbocycles. The predicted molar refractivity (Wildman–Crippen MR) is 69.8 cm³/mol. The summed E-state index contributed by atoms with van der Waals surface area (Å²) in [5.41, 5.74) is -0.836. The van der Waals surface area contributed by atoms with Crippen LogP contribution in [0.4, 0.5) is 0 Å². The molecule has 0 unspecified atom stereocenters. The highest BCUT2D eigenvalue weighted by Gasteiger charge is 2.30. The number of alkyl halides is 1. The summed E-state index contributed by atoms with van der Waals surface area (Å²) in [5.74, 6) is 0.579. The molecule has 0 aromatic heterocycles. The van der Waals surface area contributed by atoms with Gasteiger partial charge in [-0.1, -0.05) is 19.3 Å². The average Bonchev–Trinajstić information content (AvgIpc) is 2.28. The molecule has 0 saturated heterocycles. The SMILES string of the molecule is O=S(=O)(CCCCCl)NCC1(O)CCCCC1. The second-order valence-electron chi connectivity index (χ2n) is 4.82. The fraction of sp³-hybridized carbons (Fsp3) is 1.00. The molecule has 0 bridgehead atoms. The molecule has 0 aromatic rings. The number of halogens is 1. The van der Waals surface area contributed by atoms with Crippen molar-refractivity contribution < 1.29 is 13.5 Å². The average molecular weight is 284 g/mol. The first-order chi connectivity index (χ1) is 7.97. The number of nitrogens with one attached hydrogen (secondary N) is 1. The Morgan fingerprint density at radius 3 is 2.41 bits per heavy atom. The molecule has 1 aliphatic rings. The van der Waals surface area contributed by atoms with Gasteiger partial charge >= 0.3 is 0 Å². The molecule has 17 heavy (non-hydrogen) atoms. The molecule has 0 spiro atoms. The van der Waals surface area contributed by atoms with Crippen molar-refractivity contribution in [1.82, 2.24) is 4.72 Å². The van der Waals surface area contributed by atoms with E-state index in [0.717, 1.165) is 19.3 Å². The smallest absolute Gasteiger partial charge is 0.211 e. The van der Waals surface area contributed by atoms with Crippen LogP contribution in [0.5, 0.6) is 0 Å². The van der Waals surface area contributed by atoms with Crippen LogP contribution >= 0.6 is 11.6 Å². The Labute approximate surface area is 109 Å². The highest BCUT2D eigenvalue weighted by molar-refractivity contribution is 7.89. The van der Waals surface area contributed by atoms with Crippen LogP contribution in [-0.2, 0) is 10.0 Å². The second-order valence-corrected chi connectivity index (χ2v) is 7.13. The maximum absolute atomic E-state index is 11.6. The Hall–Kier alpha value is 0.160. The van der Waals surface area contributed by atoms with Crippen LogP contribution in [0, 0.1) is 0 Å². The zero-order valence-electron chi connectivity index (χ0n) is 10.1. The first-order valence-corrected chi connectivity index (χ1v) is 8.42. The van der Waals surface area contributed by atoms with Crippen molar-refractivity contribution in [1.29, 1.82) is 0 Å². The Morgan fingerprint density at radius 2 is 1.82 bits per heavy atom. The molecule has 4 nitrogen and oxygen atoms in total. The summed E-state index contributed by atoms with van der Waals surface area (Å²) in [6.07, 6.45) is 5.73. The maximum atomic E-state index is 11.6. The number of unbranched alkanes of at least 4 members (excludes halogenated alkanes) is 1. The number of sulfonamides is 1. The highest BCUT2D eigenvalue weighted by Crippen LogP contribution is 2.27. The Bertz CT molecular complexity index is 313. The summed E-state index contributed by atoms with van der Waals surface area (Å²) in [4.78, 5) is 0. The van der Waals surface area contributed by atoms with Crippen LogP contribution in [0.25, 0.3) is 0 Å². The van der Waals surface area contributed by atoms with E-state index in [-0.39, 0.29) is 12.3 Å². The number of aliphatic hydroxyl groups is 1. The minimum absolute atomic E-state index is 0.0931. The quantitative estimate of drug-likeness (QED) is 0.551. The van der Waals surface area contributed by atoms with Crippen molar-refractivity contribution in [3.8, 4) is 0 Å². The van der Waals surface area contributed by atoms with Crippen LogP contribution < -0.4 is 4.72 Å². The number of rotatable bonds is 7. The number of hydrogen-bond donors (Lipinski definition) is 2. The minimum atomic E-state index is -3.26. The van der Waals surface area contributed by atoms with Gasteiger partial charge in [-0.25, -0.2) is 13.1 Å². The molecule has 0 heterocycles. The van der Waals surface area contributed by atoms with Crippen molar-refractivity contribution in [3.63, 3.8) is 0 Å². The fourth-order valence-electron chi connectivity index (χ4n) is 2.09.